The second-order valence-corrected chi connectivity index (χ2v) is 2.27. The van der Waals surface area contributed by atoms with E-state index in [0.717, 1.165) is 0 Å². The first-order valence-corrected chi connectivity index (χ1v) is 4.13. The molecular formula is C8H20N2. The Morgan fingerprint density at radius 1 is 1.60 bits per heavy atom. The first-order chi connectivity index (χ1) is 4.84. The number of rotatable bonds is 1. The van der Waals surface area contributed by atoms with Crippen LogP contribution in [0.1, 0.15) is 35.5 Å². The predicted molar refractivity (Wildman–Crippen MR) is 48.3 cm³/mol. The summed E-state index contributed by atoms with van der Waals surface area (Å²) >= 11 is 0. The number of hydrogen-bond acceptors (Lipinski definition) is 2. The standard InChI is InChI=1S/C6H12N2.C2H6.H2/c1-3-6-4-7-8-5(6)2;1-2;/h4-6,8H,3H2,1-2H3;1-2H3;1H. The van der Waals surface area contributed by atoms with Gasteiger partial charge < -0.3 is 5.43 Å². The number of nitrogens with one attached hydrogen (secondary N) is 1. The zero-order chi connectivity index (χ0) is 7.98. The van der Waals surface area contributed by atoms with Crippen molar-refractivity contribution in [2.24, 2.45) is 11.0 Å². The zero-order valence-electron chi connectivity index (χ0n) is 7.39. The van der Waals surface area contributed by atoms with Crippen LogP contribution in [0.2, 0.25) is 0 Å². The summed E-state index contributed by atoms with van der Waals surface area (Å²) in [5.74, 6) is 0.662. The van der Waals surface area contributed by atoms with E-state index in [1.165, 1.54) is 6.42 Å². The first kappa shape index (κ1) is 9.47. The summed E-state index contributed by atoms with van der Waals surface area (Å²) in [5.41, 5.74) is 2.99. The van der Waals surface area contributed by atoms with E-state index in [9.17, 15) is 0 Å². The SMILES string of the molecule is CC.CCC1C=NNC1C.[HH]. The maximum Gasteiger partial charge on any atom is 0.0490 e. The third-order valence-electron chi connectivity index (χ3n) is 1.66. The lowest BCUT2D eigenvalue weighted by Gasteiger charge is -2.08. The Morgan fingerprint density at radius 3 is 2.40 bits per heavy atom. The highest BCUT2D eigenvalue weighted by atomic mass is 15.3. The van der Waals surface area contributed by atoms with Crippen LogP contribution in [0.25, 0.3) is 0 Å². The molecule has 1 aliphatic rings. The van der Waals surface area contributed by atoms with Gasteiger partial charge >= 0.3 is 0 Å². The molecule has 0 radical (unpaired) electrons. The van der Waals surface area contributed by atoms with Gasteiger partial charge in [0.2, 0.25) is 0 Å². The van der Waals surface area contributed by atoms with Gasteiger partial charge in [0.1, 0.15) is 0 Å². The van der Waals surface area contributed by atoms with Gasteiger partial charge in [0, 0.05) is 19.6 Å². The molecule has 1 rings (SSSR count). The Bertz CT molecular complexity index is 104. The Hall–Kier alpha value is -0.530. The summed E-state index contributed by atoms with van der Waals surface area (Å²) in [7, 11) is 0. The van der Waals surface area contributed by atoms with Gasteiger partial charge in [-0.15, -0.1) is 0 Å². The summed E-state index contributed by atoms with van der Waals surface area (Å²) in [5, 5.41) is 3.94. The van der Waals surface area contributed by atoms with Crippen molar-refractivity contribution < 1.29 is 1.43 Å². The van der Waals surface area contributed by atoms with Gasteiger partial charge in [-0.25, -0.2) is 0 Å². The molecule has 10 heavy (non-hydrogen) atoms. The van der Waals surface area contributed by atoms with Crippen molar-refractivity contribution in [3.8, 4) is 0 Å². The van der Waals surface area contributed by atoms with Crippen molar-refractivity contribution in [3.05, 3.63) is 0 Å². The molecule has 62 valence electrons. The number of nitrogens with zero attached hydrogens (tertiary/aromatic N) is 1. The Labute approximate surface area is 65.2 Å². The van der Waals surface area contributed by atoms with Gasteiger partial charge in [-0.1, -0.05) is 20.8 Å². The topological polar surface area (TPSA) is 24.4 Å². The number of hydrazone groups is 1. The quantitative estimate of drug-likeness (QED) is 0.600. The Balaban J connectivity index is 0. The maximum absolute atomic E-state index is 3.94. The molecule has 1 heterocycles. The van der Waals surface area contributed by atoms with Crippen molar-refractivity contribution in [1.29, 1.82) is 0 Å². The third-order valence-corrected chi connectivity index (χ3v) is 1.66. The van der Waals surface area contributed by atoms with Crippen LogP contribution in [-0.4, -0.2) is 12.3 Å². The molecular weight excluding hydrogens is 124 g/mol. The molecule has 0 bridgehead atoms. The summed E-state index contributed by atoms with van der Waals surface area (Å²) in [4.78, 5) is 0. The van der Waals surface area contributed by atoms with E-state index >= 15 is 0 Å². The Kier molecular flexibility index (Phi) is 4.99. The molecule has 0 aromatic carbocycles. The molecule has 2 heteroatoms. The van der Waals surface area contributed by atoms with Crippen LogP contribution in [0.3, 0.4) is 0 Å². The van der Waals surface area contributed by atoms with Crippen molar-refractivity contribution in [2.75, 3.05) is 0 Å². The van der Waals surface area contributed by atoms with Gasteiger partial charge in [0.05, 0.1) is 0 Å². The molecule has 0 saturated carbocycles. The second kappa shape index (κ2) is 5.27. The second-order valence-electron chi connectivity index (χ2n) is 2.27. The lowest BCUT2D eigenvalue weighted by molar-refractivity contribution is 0.504. The zero-order valence-corrected chi connectivity index (χ0v) is 7.39. The molecule has 2 nitrogen and oxygen atoms in total. The van der Waals surface area contributed by atoms with Gasteiger partial charge in [-0.2, -0.15) is 5.10 Å². The van der Waals surface area contributed by atoms with Gasteiger partial charge in [-0.05, 0) is 13.3 Å². The average Bonchev–Trinajstić information content (AvgIpc) is 2.39. The van der Waals surface area contributed by atoms with Gasteiger partial charge in [0.25, 0.3) is 0 Å². The monoisotopic (exact) mass is 144 g/mol. The minimum absolute atomic E-state index is 0. The van der Waals surface area contributed by atoms with Crippen molar-refractivity contribution in [2.45, 2.75) is 40.2 Å². The fourth-order valence-electron chi connectivity index (χ4n) is 0.940. The number of hydrogen-bond donors (Lipinski definition) is 1. The van der Waals surface area contributed by atoms with Crippen LogP contribution in [0.4, 0.5) is 0 Å². The summed E-state index contributed by atoms with van der Waals surface area (Å²) in [6.07, 6.45) is 3.18. The van der Waals surface area contributed by atoms with Crippen LogP contribution < -0.4 is 5.43 Å². The summed E-state index contributed by atoms with van der Waals surface area (Å²) in [6.45, 7) is 8.33. The fraction of sp³-hybridized carbons (Fsp3) is 0.875. The van der Waals surface area contributed by atoms with Crippen LogP contribution in [0.5, 0.6) is 0 Å². The average molecular weight is 144 g/mol. The molecule has 0 aromatic rings. The fourth-order valence-corrected chi connectivity index (χ4v) is 0.940. The molecule has 0 aromatic heterocycles. The molecule has 0 saturated heterocycles. The van der Waals surface area contributed by atoms with E-state index < -0.39 is 0 Å². The minimum atomic E-state index is 0. The highest BCUT2D eigenvalue weighted by molar-refractivity contribution is 5.63. The predicted octanol–water partition coefficient (Wildman–Crippen LogP) is 2.26. The minimum Gasteiger partial charge on any atom is -0.307 e. The smallest absolute Gasteiger partial charge is 0.0490 e. The largest absolute Gasteiger partial charge is 0.307 e. The van der Waals surface area contributed by atoms with Crippen molar-refractivity contribution >= 4 is 6.21 Å². The molecule has 1 N–H and O–H groups in total. The third kappa shape index (κ3) is 2.38. The van der Waals surface area contributed by atoms with E-state index in [1.54, 1.807) is 0 Å². The lowest BCUT2D eigenvalue weighted by Crippen LogP contribution is -2.22. The van der Waals surface area contributed by atoms with E-state index in [-0.39, 0.29) is 1.43 Å². The maximum atomic E-state index is 3.94. The molecule has 2 atom stereocenters. The highest BCUT2D eigenvalue weighted by Gasteiger charge is 2.15. The van der Waals surface area contributed by atoms with E-state index in [1.807, 2.05) is 20.1 Å². The first-order valence-electron chi connectivity index (χ1n) is 4.13. The molecule has 0 aliphatic carbocycles. The van der Waals surface area contributed by atoms with E-state index in [4.69, 9.17) is 0 Å². The van der Waals surface area contributed by atoms with Crippen LogP contribution in [0, 0.1) is 5.92 Å². The van der Waals surface area contributed by atoms with Gasteiger partial charge in [-0.3, -0.25) is 0 Å². The van der Waals surface area contributed by atoms with Crippen LogP contribution in [0.15, 0.2) is 5.10 Å². The Morgan fingerprint density at radius 2 is 2.20 bits per heavy atom. The van der Waals surface area contributed by atoms with Crippen LogP contribution in [-0.2, 0) is 0 Å². The van der Waals surface area contributed by atoms with Gasteiger partial charge in [0.15, 0.2) is 0 Å². The molecule has 1 aliphatic heterocycles. The summed E-state index contributed by atoms with van der Waals surface area (Å²) in [6, 6.07) is 0.556. The normalized spacial score (nSPS) is 28.8. The molecule has 0 fully saturated rings. The highest BCUT2D eigenvalue weighted by Crippen LogP contribution is 2.09. The van der Waals surface area contributed by atoms with E-state index in [0.29, 0.717) is 12.0 Å². The van der Waals surface area contributed by atoms with Crippen molar-refractivity contribution in [3.63, 3.8) is 0 Å². The summed E-state index contributed by atoms with van der Waals surface area (Å²) < 4.78 is 0. The lowest BCUT2D eigenvalue weighted by atomic mass is 10.0. The van der Waals surface area contributed by atoms with E-state index in [2.05, 4.69) is 24.4 Å². The van der Waals surface area contributed by atoms with Crippen LogP contribution >= 0.6 is 0 Å². The van der Waals surface area contributed by atoms with Crippen molar-refractivity contribution in [1.82, 2.24) is 5.43 Å². The molecule has 0 spiro atoms. The molecule has 0 amide bonds. The molecule has 2 unspecified atom stereocenters.